The van der Waals surface area contributed by atoms with E-state index in [0.717, 1.165) is 12.0 Å². The van der Waals surface area contributed by atoms with E-state index in [4.69, 9.17) is 6.42 Å². The lowest BCUT2D eigenvalue weighted by molar-refractivity contribution is -0.129. The number of terminal acetylenes is 1. The molecule has 1 unspecified atom stereocenters. The molecule has 18 heavy (non-hydrogen) atoms. The fourth-order valence-corrected chi connectivity index (χ4v) is 2.25. The number of hydrogen-bond acceptors (Lipinski definition) is 2. The Morgan fingerprint density at radius 2 is 2.11 bits per heavy atom. The summed E-state index contributed by atoms with van der Waals surface area (Å²) in [6.07, 6.45) is 7.18. The third-order valence-corrected chi connectivity index (χ3v) is 3.14. The molecule has 0 bridgehead atoms. The Morgan fingerprint density at radius 1 is 1.39 bits per heavy atom. The lowest BCUT2D eigenvalue weighted by atomic mass is 9.96. The van der Waals surface area contributed by atoms with Crippen molar-refractivity contribution in [3.63, 3.8) is 0 Å². The molecule has 2 amide bonds. The maximum absolute atomic E-state index is 12.3. The summed E-state index contributed by atoms with van der Waals surface area (Å²) < 4.78 is 0. The molecule has 0 spiro atoms. The van der Waals surface area contributed by atoms with Crippen LogP contribution in [-0.2, 0) is 11.2 Å². The van der Waals surface area contributed by atoms with Gasteiger partial charge in [0, 0.05) is 5.56 Å². The molecule has 3 heteroatoms. The van der Waals surface area contributed by atoms with Gasteiger partial charge in [-0.15, -0.1) is 6.42 Å². The van der Waals surface area contributed by atoms with Crippen LogP contribution in [-0.4, -0.2) is 22.8 Å². The molecular weight excluding hydrogens is 226 g/mol. The van der Waals surface area contributed by atoms with Crippen molar-refractivity contribution < 1.29 is 9.59 Å². The topological polar surface area (TPSA) is 37.4 Å². The third kappa shape index (κ3) is 2.02. The zero-order valence-corrected chi connectivity index (χ0v) is 10.3. The van der Waals surface area contributed by atoms with Crippen molar-refractivity contribution in [3.05, 3.63) is 35.4 Å². The molecule has 1 aromatic carbocycles. The number of nitrogens with zero attached hydrogens (tertiary/aromatic N) is 1. The molecule has 1 aliphatic heterocycles. The van der Waals surface area contributed by atoms with E-state index in [9.17, 15) is 9.59 Å². The Labute approximate surface area is 107 Å². The summed E-state index contributed by atoms with van der Waals surface area (Å²) in [6.45, 7) is 1.98. The maximum atomic E-state index is 12.3. The van der Waals surface area contributed by atoms with Crippen molar-refractivity contribution in [3.8, 4) is 12.3 Å². The summed E-state index contributed by atoms with van der Waals surface area (Å²) in [7, 11) is 0. The van der Waals surface area contributed by atoms with Gasteiger partial charge in [-0.1, -0.05) is 37.5 Å². The Kier molecular flexibility index (Phi) is 3.47. The van der Waals surface area contributed by atoms with Crippen molar-refractivity contribution in [2.75, 3.05) is 0 Å². The number of fused-ring (bicyclic) bond motifs is 1. The molecule has 0 fully saturated rings. The van der Waals surface area contributed by atoms with Crippen LogP contribution in [0.25, 0.3) is 0 Å². The van der Waals surface area contributed by atoms with Gasteiger partial charge in [0.15, 0.2) is 0 Å². The van der Waals surface area contributed by atoms with Gasteiger partial charge >= 0.3 is 0 Å². The fourth-order valence-electron chi connectivity index (χ4n) is 2.25. The molecule has 0 aromatic heterocycles. The quantitative estimate of drug-likeness (QED) is 0.599. The second-order valence-electron chi connectivity index (χ2n) is 4.37. The van der Waals surface area contributed by atoms with E-state index < -0.39 is 6.04 Å². The highest BCUT2D eigenvalue weighted by Gasteiger charge is 2.34. The van der Waals surface area contributed by atoms with Gasteiger partial charge in [0.05, 0.1) is 6.42 Å². The highest BCUT2D eigenvalue weighted by Crippen LogP contribution is 2.22. The van der Waals surface area contributed by atoms with Crippen LogP contribution in [0.4, 0.5) is 0 Å². The van der Waals surface area contributed by atoms with E-state index in [-0.39, 0.29) is 18.2 Å². The van der Waals surface area contributed by atoms with Crippen molar-refractivity contribution in [2.45, 2.75) is 32.2 Å². The SMILES string of the molecule is C#CC(CCC)N1C(=O)Cc2ccccc2C1=O. The highest BCUT2D eigenvalue weighted by molar-refractivity contribution is 6.10. The highest BCUT2D eigenvalue weighted by atomic mass is 16.2. The Bertz CT molecular complexity index is 528. The molecule has 2 rings (SSSR count). The molecule has 0 radical (unpaired) electrons. The molecule has 0 aliphatic carbocycles. The second kappa shape index (κ2) is 5.05. The lowest BCUT2D eigenvalue weighted by Gasteiger charge is -2.30. The second-order valence-corrected chi connectivity index (χ2v) is 4.37. The average Bonchev–Trinajstić information content (AvgIpc) is 2.37. The monoisotopic (exact) mass is 241 g/mol. The standard InChI is InChI=1S/C15H15NO2/c1-3-7-12(4-2)16-14(17)10-11-8-5-6-9-13(11)15(16)18/h2,5-6,8-9,12H,3,7,10H2,1H3. The molecular formula is C15H15NO2. The first-order valence-electron chi connectivity index (χ1n) is 6.09. The Balaban J connectivity index is 2.38. The van der Waals surface area contributed by atoms with Gasteiger partial charge in [-0.05, 0) is 18.1 Å². The van der Waals surface area contributed by atoms with Crippen molar-refractivity contribution in [1.29, 1.82) is 0 Å². The van der Waals surface area contributed by atoms with Crippen molar-refractivity contribution in [1.82, 2.24) is 4.90 Å². The minimum absolute atomic E-state index is 0.199. The van der Waals surface area contributed by atoms with E-state index >= 15 is 0 Å². The molecule has 3 nitrogen and oxygen atoms in total. The first kappa shape index (κ1) is 12.4. The minimum Gasteiger partial charge on any atom is -0.274 e. The number of benzene rings is 1. The van der Waals surface area contributed by atoms with Crippen LogP contribution in [0.1, 0.15) is 35.7 Å². The summed E-state index contributed by atoms with van der Waals surface area (Å²) >= 11 is 0. The van der Waals surface area contributed by atoms with Crippen LogP contribution < -0.4 is 0 Å². The smallest absolute Gasteiger partial charge is 0.261 e. The molecule has 0 N–H and O–H groups in total. The summed E-state index contributed by atoms with van der Waals surface area (Å²) in [4.78, 5) is 25.6. The summed E-state index contributed by atoms with van der Waals surface area (Å²) in [5.41, 5.74) is 1.38. The minimum atomic E-state index is -0.427. The van der Waals surface area contributed by atoms with Crippen LogP contribution >= 0.6 is 0 Å². The fraction of sp³-hybridized carbons (Fsp3) is 0.333. The first-order chi connectivity index (χ1) is 8.69. The molecule has 1 aromatic rings. The van der Waals surface area contributed by atoms with Gasteiger partial charge in [0.1, 0.15) is 6.04 Å². The van der Waals surface area contributed by atoms with Crippen LogP contribution in [0.2, 0.25) is 0 Å². The zero-order valence-electron chi connectivity index (χ0n) is 10.3. The van der Waals surface area contributed by atoms with Crippen molar-refractivity contribution in [2.24, 2.45) is 0 Å². The number of imide groups is 1. The number of carbonyl (C=O) groups is 2. The van der Waals surface area contributed by atoms with Gasteiger partial charge in [-0.2, -0.15) is 0 Å². The van der Waals surface area contributed by atoms with Gasteiger partial charge in [-0.25, -0.2) is 0 Å². The van der Waals surface area contributed by atoms with Crippen LogP contribution in [0.3, 0.4) is 0 Å². The van der Waals surface area contributed by atoms with Gasteiger partial charge in [-0.3, -0.25) is 14.5 Å². The van der Waals surface area contributed by atoms with Gasteiger partial charge in [0.25, 0.3) is 5.91 Å². The van der Waals surface area contributed by atoms with E-state index in [1.165, 1.54) is 4.90 Å². The molecule has 92 valence electrons. The maximum Gasteiger partial charge on any atom is 0.261 e. The van der Waals surface area contributed by atoms with E-state index in [1.807, 2.05) is 19.1 Å². The predicted octanol–water partition coefficient (Wildman–Crippen LogP) is 2.01. The molecule has 1 heterocycles. The van der Waals surface area contributed by atoms with Gasteiger partial charge in [0.2, 0.25) is 5.91 Å². The zero-order chi connectivity index (χ0) is 13.1. The summed E-state index contributed by atoms with van der Waals surface area (Å²) in [5.74, 6) is 2.08. The molecule has 0 saturated heterocycles. The van der Waals surface area contributed by atoms with E-state index in [0.29, 0.717) is 12.0 Å². The number of amides is 2. The lowest BCUT2D eigenvalue weighted by Crippen LogP contribution is -2.48. The predicted molar refractivity (Wildman–Crippen MR) is 68.9 cm³/mol. The summed E-state index contributed by atoms with van der Waals surface area (Å²) in [6, 6.07) is 6.77. The number of rotatable bonds is 3. The largest absolute Gasteiger partial charge is 0.274 e. The Morgan fingerprint density at radius 3 is 2.78 bits per heavy atom. The molecule has 0 saturated carbocycles. The van der Waals surface area contributed by atoms with Crippen LogP contribution in [0, 0.1) is 12.3 Å². The van der Waals surface area contributed by atoms with Crippen molar-refractivity contribution >= 4 is 11.8 Å². The van der Waals surface area contributed by atoms with E-state index in [1.54, 1.807) is 12.1 Å². The van der Waals surface area contributed by atoms with Gasteiger partial charge < -0.3 is 0 Å². The molecule has 1 aliphatic rings. The number of carbonyl (C=O) groups excluding carboxylic acids is 2. The van der Waals surface area contributed by atoms with Crippen LogP contribution in [0.15, 0.2) is 24.3 Å². The van der Waals surface area contributed by atoms with E-state index in [2.05, 4.69) is 5.92 Å². The number of hydrogen-bond donors (Lipinski definition) is 0. The Hall–Kier alpha value is -2.08. The van der Waals surface area contributed by atoms with Crippen LogP contribution in [0.5, 0.6) is 0 Å². The first-order valence-corrected chi connectivity index (χ1v) is 6.09. The normalized spacial score (nSPS) is 16.1. The molecule has 1 atom stereocenters. The summed E-state index contributed by atoms with van der Waals surface area (Å²) in [5, 5.41) is 0. The average molecular weight is 241 g/mol. The third-order valence-electron chi connectivity index (χ3n) is 3.14.